The van der Waals surface area contributed by atoms with Crippen LogP contribution in [0.5, 0.6) is 0 Å². The van der Waals surface area contributed by atoms with Crippen LogP contribution in [0.1, 0.15) is 57.9 Å². The molecule has 0 aromatic heterocycles. The van der Waals surface area contributed by atoms with Gasteiger partial charge in [-0.3, -0.25) is 10.2 Å². The predicted molar refractivity (Wildman–Crippen MR) is 392 cm³/mol. The van der Waals surface area contributed by atoms with Gasteiger partial charge in [-0.25, -0.2) is 4.79 Å². The molecule has 25 heteroatoms. The number of amides is 1. The Hall–Kier alpha value is -8.17. The summed E-state index contributed by atoms with van der Waals surface area (Å²) >= 11 is 18.8. The van der Waals surface area contributed by atoms with Crippen molar-refractivity contribution in [3.8, 4) is 0 Å². The number of rotatable bonds is 34. The Balaban J connectivity index is 0.988. The third-order valence-corrected chi connectivity index (χ3v) is 18.8. The standard InChI is InChI=1S/C81H84Cl3N5O17/c1-54(90)87-67-63(95-46-58-32-16-5-17-33-58)42-80(105-73(67)69(97-48-60-36-20-7-21-37-60)64(96-47-59-34-18-6-19-35-59)51-92-43-55-26-10-2-11-27-55)79(91)103-71-66(53-94-45-57-30-14-4-15-31-57)101-77(75(74(71)106-80)99-50-62-40-24-9-25-41-62)102-70-65(52-93-44-56-28-12-3-13-29-56)100-76(104-78(85)81(82,83)84)68(88-89-86)72(70)98-49-61-38-22-8-23-39-61/h2-41,63-77,85H,42-53H2,1H3,(H,87,90)/t63-,64+,65+,66+,67+,68+,69+,70+,71-,72+,73+,74-,75+,76?,77-,80-/m0/s1. The highest BCUT2D eigenvalue weighted by Crippen LogP contribution is 2.46. The van der Waals surface area contributed by atoms with Gasteiger partial charge in [0, 0.05) is 18.3 Å². The number of carbonyl (C=O) groups excluding carboxylic acids is 2. The van der Waals surface area contributed by atoms with Crippen molar-refractivity contribution in [1.82, 2.24) is 5.32 Å². The van der Waals surface area contributed by atoms with Crippen LogP contribution >= 0.6 is 34.8 Å². The first-order valence-electron chi connectivity index (χ1n) is 35.0. The van der Waals surface area contributed by atoms with Crippen molar-refractivity contribution >= 4 is 52.6 Å². The van der Waals surface area contributed by atoms with Gasteiger partial charge in [0.05, 0.1) is 84.8 Å². The number of alkyl halides is 3. The largest absolute Gasteiger partial charge is 0.453 e. The van der Waals surface area contributed by atoms with Crippen molar-refractivity contribution in [3.05, 3.63) is 298 Å². The van der Waals surface area contributed by atoms with Gasteiger partial charge in [-0.05, 0) is 50.0 Å². The molecule has 4 aliphatic heterocycles. The van der Waals surface area contributed by atoms with Crippen LogP contribution < -0.4 is 5.32 Å². The third kappa shape index (κ3) is 21.4. The zero-order valence-corrected chi connectivity index (χ0v) is 60.4. The molecule has 556 valence electrons. The number of ether oxygens (including phenoxy) is 15. The van der Waals surface area contributed by atoms with Crippen LogP contribution in [-0.4, -0.2) is 139 Å². The van der Waals surface area contributed by atoms with Crippen molar-refractivity contribution < 1.29 is 80.6 Å². The number of benzene rings is 8. The van der Waals surface area contributed by atoms with E-state index >= 15 is 4.79 Å². The summed E-state index contributed by atoms with van der Waals surface area (Å²) in [6.45, 7) is 1.11. The average molecular weight is 1510 g/mol. The van der Waals surface area contributed by atoms with Gasteiger partial charge in [-0.2, -0.15) is 0 Å². The fourth-order valence-electron chi connectivity index (χ4n) is 13.2. The van der Waals surface area contributed by atoms with Crippen molar-refractivity contribution in [1.29, 1.82) is 5.41 Å². The molecule has 8 aromatic carbocycles. The molecule has 0 radical (unpaired) electrons. The fraction of sp³-hybridized carbons (Fsp3) is 0.370. The second-order valence-corrected chi connectivity index (χ2v) is 28.3. The molecule has 8 aromatic rings. The Morgan fingerprint density at radius 2 is 0.972 bits per heavy atom. The van der Waals surface area contributed by atoms with Gasteiger partial charge in [0.15, 0.2) is 12.4 Å². The van der Waals surface area contributed by atoms with E-state index in [9.17, 15) is 10.3 Å². The Labute approximate surface area is 630 Å². The lowest BCUT2D eigenvalue weighted by Gasteiger charge is -2.56. The number of hydrogen-bond donors (Lipinski definition) is 2. The zero-order chi connectivity index (χ0) is 73.5. The van der Waals surface area contributed by atoms with E-state index < -0.39 is 119 Å². The Bertz CT molecular complexity index is 4040. The van der Waals surface area contributed by atoms with Gasteiger partial charge in [0.25, 0.3) is 9.58 Å². The summed E-state index contributed by atoms with van der Waals surface area (Å²) in [5.74, 6) is -4.70. The molecule has 1 spiro atoms. The smallest absolute Gasteiger partial charge is 0.367 e. The van der Waals surface area contributed by atoms with Crippen LogP contribution in [0.15, 0.2) is 248 Å². The first kappa shape index (κ1) is 77.4. The molecular weight excluding hydrogens is 1420 g/mol. The van der Waals surface area contributed by atoms with E-state index in [0.717, 1.165) is 38.9 Å². The van der Waals surface area contributed by atoms with Gasteiger partial charge in [-0.15, -0.1) is 0 Å². The number of esters is 1. The van der Waals surface area contributed by atoms with Gasteiger partial charge in [0.1, 0.15) is 61.0 Å². The lowest BCUT2D eigenvalue weighted by atomic mass is 9.86. The zero-order valence-electron chi connectivity index (χ0n) is 58.2. The molecule has 0 saturated carbocycles. The average Bonchev–Trinajstić information content (AvgIpc) is 0.725. The number of carbonyl (C=O) groups is 2. The number of nitrogens with zero attached hydrogens (tertiary/aromatic N) is 3. The third-order valence-electron chi connectivity index (χ3n) is 18.3. The van der Waals surface area contributed by atoms with E-state index in [4.69, 9.17) is 111 Å². The highest BCUT2D eigenvalue weighted by Gasteiger charge is 2.66. The molecule has 4 aliphatic rings. The second-order valence-electron chi connectivity index (χ2n) is 26.0. The lowest BCUT2D eigenvalue weighted by molar-refractivity contribution is -0.409. The van der Waals surface area contributed by atoms with E-state index in [1.54, 1.807) is 0 Å². The number of hydrogen-bond acceptors (Lipinski definition) is 19. The molecule has 2 N–H and O–H groups in total. The predicted octanol–water partition coefficient (Wildman–Crippen LogP) is 13.7. The van der Waals surface area contributed by atoms with Crippen LogP contribution in [0.4, 0.5) is 0 Å². The maximum absolute atomic E-state index is 16.2. The van der Waals surface area contributed by atoms with E-state index in [1.165, 1.54) is 6.92 Å². The molecular formula is C81H84Cl3N5O17. The number of nitrogens with one attached hydrogen (secondary N) is 2. The van der Waals surface area contributed by atoms with Crippen molar-refractivity contribution in [2.75, 3.05) is 19.8 Å². The van der Waals surface area contributed by atoms with E-state index in [1.807, 2.05) is 243 Å². The minimum atomic E-state index is -2.44. The second kappa shape index (κ2) is 38.6. The summed E-state index contributed by atoms with van der Waals surface area (Å²) in [7, 11) is 0. The van der Waals surface area contributed by atoms with Crippen LogP contribution in [0.25, 0.3) is 10.4 Å². The first-order chi connectivity index (χ1) is 51.8. The van der Waals surface area contributed by atoms with Crippen LogP contribution in [-0.2, 0) is 133 Å². The molecule has 0 bridgehead atoms. The normalized spacial score (nSPS) is 25.6. The van der Waals surface area contributed by atoms with Gasteiger partial charge >= 0.3 is 5.97 Å². The summed E-state index contributed by atoms with van der Waals surface area (Å²) in [5.41, 5.74) is 16.9. The summed E-state index contributed by atoms with van der Waals surface area (Å²) in [6.07, 6.45) is -17.7. The maximum atomic E-state index is 16.2. The number of azide groups is 1. The fourth-order valence-corrected chi connectivity index (χ4v) is 13.3. The summed E-state index contributed by atoms with van der Waals surface area (Å²) in [5, 5.41) is 16.1. The van der Waals surface area contributed by atoms with Crippen molar-refractivity contribution in [3.63, 3.8) is 0 Å². The lowest BCUT2D eigenvalue weighted by Crippen LogP contribution is -2.75. The molecule has 12 rings (SSSR count). The van der Waals surface area contributed by atoms with Crippen LogP contribution in [0.2, 0.25) is 0 Å². The Kier molecular flexibility index (Phi) is 28.2. The van der Waals surface area contributed by atoms with Crippen LogP contribution in [0, 0.1) is 5.41 Å². The number of fused-ring (bicyclic) bond motifs is 1. The maximum Gasteiger partial charge on any atom is 0.367 e. The van der Waals surface area contributed by atoms with E-state index in [2.05, 4.69) is 15.3 Å². The molecule has 1 amide bonds. The molecule has 22 nitrogen and oxygen atoms in total. The van der Waals surface area contributed by atoms with Gasteiger partial charge in [0.2, 0.25) is 18.1 Å². The van der Waals surface area contributed by atoms with Crippen molar-refractivity contribution in [2.24, 2.45) is 5.11 Å². The summed E-state index contributed by atoms with van der Waals surface area (Å²) < 4.78 is 102. The van der Waals surface area contributed by atoms with Crippen LogP contribution in [0.3, 0.4) is 0 Å². The SMILES string of the molecule is CC(=O)N[C@H]1[C@H]([C@H](OCc2ccccc2)[C@@H](COCc2ccccc2)OCc2ccccc2)O[C@@]2(C[C@@H]1OCc1ccccc1)O[C@H]1[C@@H](OC2=O)[C@@H](COCc2ccccc2)O[C@@H](O[C@H]2[C@H](OCc3ccccc3)[C@@H](N=[N+]=[N-])C(OC(=N)C(Cl)(Cl)Cl)O[C@@H]2COCc2ccccc2)[C@@H]1OCc1ccccc1. The van der Waals surface area contributed by atoms with Gasteiger partial charge in [-0.1, -0.05) is 283 Å². The molecule has 0 aliphatic carbocycles. The first-order valence-corrected chi connectivity index (χ1v) is 36.2. The minimum Gasteiger partial charge on any atom is -0.453 e. The molecule has 4 fully saturated rings. The molecule has 106 heavy (non-hydrogen) atoms. The molecule has 16 atom stereocenters. The Morgan fingerprint density at radius 1 is 0.547 bits per heavy atom. The summed E-state index contributed by atoms with van der Waals surface area (Å²) in [6, 6.07) is 73.2. The van der Waals surface area contributed by atoms with Crippen molar-refractivity contribution in [2.45, 2.75) is 168 Å². The monoisotopic (exact) mass is 1500 g/mol. The molecule has 4 heterocycles. The number of halogens is 3. The van der Waals surface area contributed by atoms with Gasteiger partial charge < -0.3 is 76.4 Å². The highest BCUT2D eigenvalue weighted by molar-refractivity contribution is 6.76. The highest BCUT2D eigenvalue weighted by atomic mass is 35.6. The topological polar surface area (TPSA) is 257 Å². The quantitative estimate of drug-likeness (QED) is 0.00722. The molecule has 1 unspecified atom stereocenters. The van der Waals surface area contributed by atoms with E-state index in [-0.39, 0.29) is 79.1 Å². The van der Waals surface area contributed by atoms with E-state index in [0.29, 0.717) is 5.56 Å². The minimum absolute atomic E-state index is 0.000922. The Morgan fingerprint density at radius 3 is 1.44 bits per heavy atom. The molecule has 4 saturated heterocycles. The summed E-state index contributed by atoms with van der Waals surface area (Å²) in [4.78, 5) is 33.4.